The fourth-order valence-corrected chi connectivity index (χ4v) is 3.27. The summed E-state index contributed by atoms with van der Waals surface area (Å²) in [6, 6.07) is -0.158. The summed E-state index contributed by atoms with van der Waals surface area (Å²) < 4.78 is 0. The lowest BCUT2D eigenvalue weighted by molar-refractivity contribution is -0.419. The zero-order chi connectivity index (χ0) is 22.0. The molecule has 0 spiro atoms. The van der Waals surface area contributed by atoms with E-state index in [1.165, 1.54) is 12.5 Å². The number of nitrogens with one attached hydrogen (secondary N) is 3. The van der Waals surface area contributed by atoms with Crippen molar-refractivity contribution in [2.24, 2.45) is 0 Å². The number of aromatic nitrogens is 2. The van der Waals surface area contributed by atoms with Gasteiger partial charge in [-0.2, -0.15) is 0 Å². The quantitative estimate of drug-likeness (QED) is 0.319. The molecule has 3 N–H and O–H groups in total. The summed E-state index contributed by atoms with van der Waals surface area (Å²) in [4.78, 5) is 19.2. The first-order valence-electron chi connectivity index (χ1n) is 9.51. The van der Waals surface area contributed by atoms with Crippen molar-refractivity contribution in [2.75, 3.05) is 0 Å². The van der Waals surface area contributed by atoms with Crippen LogP contribution in [0.25, 0.3) is 4.91 Å². The van der Waals surface area contributed by atoms with Crippen molar-refractivity contribution >= 4 is 16.7 Å². The van der Waals surface area contributed by atoms with E-state index >= 15 is 0 Å². The van der Waals surface area contributed by atoms with Crippen LogP contribution in [0.5, 0.6) is 0 Å². The highest BCUT2D eigenvalue weighted by molar-refractivity contribution is 8.10. The van der Waals surface area contributed by atoms with Gasteiger partial charge in [-0.3, -0.25) is 10.1 Å². The molecule has 8 heteroatoms. The van der Waals surface area contributed by atoms with Crippen LogP contribution in [0.2, 0.25) is 0 Å². The maximum Gasteiger partial charge on any atom is 0.269 e. The van der Waals surface area contributed by atoms with Crippen molar-refractivity contribution in [3.05, 3.63) is 80.6 Å². The number of allylic oxidation sites excluding steroid dienone is 3. The van der Waals surface area contributed by atoms with Crippen LogP contribution in [-0.4, -0.2) is 20.9 Å². The van der Waals surface area contributed by atoms with E-state index in [9.17, 15) is 10.1 Å². The summed E-state index contributed by atoms with van der Waals surface area (Å²) in [5.74, 6) is 0.825. The smallest absolute Gasteiger partial charge is 0.269 e. The van der Waals surface area contributed by atoms with Gasteiger partial charge in [-0.1, -0.05) is 44.7 Å². The first kappa shape index (κ1) is 24.5. The zero-order valence-corrected chi connectivity index (χ0v) is 18.8. The molecule has 1 aliphatic heterocycles. The summed E-state index contributed by atoms with van der Waals surface area (Å²) in [6.45, 7) is 15.6. The Bertz CT molecular complexity index is 849. The molecule has 0 aliphatic carbocycles. The Balaban J connectivity index is 0.00000132. The fraction of sp³-hybridized carbons (Fsp3) is 0.381. The van der Waals surface area contributed by atoms with Crippen molar-refractivity contribution in [3.63, 3.8) is 0 Å². The van der Waals surface area contributed by atoms with Crippen molar-refractivity contribution in [1.82, 2.24) is 20.8 Å². The topological polar surface area (TPSA) is 95.9 Å². The summed E-state index contributed by atoms with van der Waals surface area (Å²) in [6.07, 6.45) is 7.84. The van der Waals surface area contributed by atoms with Gasteiger partial charge in [-0.15, -0.1) is 0 Å². The first-order chi connectivity index (χ1) is 13.8. The number of hydrazine groups is 1. The minimum Gasteiger partial charge on any atom is -0.342 e. The lowest BCUT2D eigenvalue weighted by Crippen LogP contribution is -2.33. The minimum atomic E-state index is -0.437. The number of rotatable bonds is 7. The van der Waals surface area contributed by atoms with Crippen LogP contribution in [0.3, 0.4) is 0 Å². The molecule has 1 aliphatic rings. The zero-order valence-electron chi connectivity index (χ0n) is 18.0. The van der Waals surface area contributed by atoms with Crippen molar-refractivity contribution in [1.29, 1.82) is 0 Å². The number of aryl methyl sites for hydroxylation is 1. The van der Waals surface area contributed by atoms with E-state index in [-0.39, 0.29) is 11.7 Å². The van der Waals surface area contributed by atoms with Gasteiger partial charge in [0.25, 0.3) is 5.70 Å². The second-order valence-corrected chi connectivity index (χ2v) is 7.48. The summed E-state index contributed by atoms with van der Waals surface area (Å²) in [5.41, 5.74) is 9.88. The molecule has 158 valence electrons. The van der Waals surface area contributed by atoms with E-state index < -0.39 is 4.92 Å². The molecule has 2 rings (SSSR count). The number of hydrogen-bond donors (Lipinski definition) is 3. The third kappa shape index (κ3) is 7.07. The van der Waals surface area contributed by atoms with Crippen molar-refractivity contribution in [2.45, 2.75) is 54.0 Å². The van der Waals surface area contributed by atoms with Gasteiger partial charge >= 0.3 is 0 Å². The van der Waals surface area contributed by atoms with Gasteiger partial charge in [0, 0.05) is 35.3 Å². The Labute approximate surface area is 177 Å². The maximum atomic E-state index is 11.1. The van der Waals surface area contributed by atoms with Crippen molar-refractivity contribution < 1.29 is 4.92 Å². The average molecular weight is 418 g/mol. The van der Waals surface area contributed by atoms with E-state index in [1.807, 2.05) is 39.2 Å². The molecule has 1 aromatic heterocycles. The van der Waals surface area contributed by atoms with Crippen LogP contribution in [0.4, 0.5) is 0 Å². The molecule has 0 radical (unpaired) electrons. The molecule has 0 saturated heterocycles. The fourth-order valence-electron chi connectivity index (χ4n) is 2.47. The van der Waals surface area contributed by atoms with E-state index in [1.54, 1.807) is 24.0 Å². The lowest BCUT2D eigenvalue weighted by atomic mass is 10.0. The number of hydrogen-bond acceptors (Lipinski definition) is 6. The molecular formula is C21H31N5O2S. The van der Waals surface area contributed by atoms with Crippen molar-refractivity contribution in [3.8, 4) is 0 Å². The van der Waals surface area contributed by atoms with E-state index in [4.69, 9.17) is 0 Å². The number of nitro groups is 1. The van der Waals surface area contributed by atoms with Crippen LogP contribution in [0.1, 0.15) is 52.6 Å². The number of nitrogens with zero attached hydrogens (tertiary/aromatic N) is 2. The number of thioether (sulfide) groups is 1. The van der Waals surface area contributed by atoms with Crippen LogP contribution >= 0.6 is 11.8 Å². The SMILES string of the molecule is C=C/C(=C\C1=C(C)NNC1/C(C)=C/S/C(=C\C)c1ncc(C)[nH]1)[N+](=O)[O-].CCC. The predicted molar refractivity (Wildman–Crippen MR) is 122 cm³/mol. The van der Waals surface area contributed by atoms with Gasteiger partial charge in [-0.05, 0) is 38.7 Å². The van der Waals surface area contributed by atoms with Gasteiger partial charge in [0.2, 0.25) is 0 Å². The predicted octanol–water partition coefficient (Wildman–Crippen LogP) is 5.23. The number of aromatic amines is 1. The molecule has 1 unspecified atom stereocenters. The van der Waals surface area contributed by atoms with E-state index in [0.717, 1.165) is 33.3 Å². The average Bonchev–Trinajstić information content (AvgIpc) is 3.26. The third-order valence-corrected chi connectivity index (χ3v) is 5.07. The number of imidazole rings is 1. The summed E-state index contributed by atoms with van der Waals surface area (Å²) in [7, 11) is 0. The van der Waals surface area contributed by atoms with Crippen LogP contribution in [-0.2, 0) is 0 Å². The number of H-pyrrole nitrogens is 1. The molecule has 1 atom stereocenters. The van der Waals surface area contributed by atoms with Gasteiger partial charge in [0.05, 0.1) is 15.9 Å². The molecule has 0 aromatic carbocycles. The molecule has 0 bridgehead atoms. The Morgan fingerprint density at radius 3 is 2.55 bits per heavy atom. The molecule has 2 heterocycles. The second kappa shape index (κ2) is 12.1. The molecule has 7 nitrogen and oxygen atoms in total. The van der Waals surface area contributed by atoms with E-state index in [0.29, 0.717) is 0 Å². The van der Waals surface area contributed by atoms with Gasteiger partial charge < -0.3 is 10.4 Å². The highest BCUT2D eigenvalue weighted by Gasteiger charge is 2.25. The third-order valence-electron chi connectivity index (χ3n) is 3.90. The van der Waals surface area contributed by atoms with Crippen LogP contribution in [0, 0.1) is 17.0 Å². The highest BCUT2D eigenvalue weighted by atomic mass is 32.2. The van der Waals surface area contributed by atoms with Crippen LogP contribution < -0.4 is 10.9 Å². The first-order valence-corrected chi connectivity index (χ1v) is 10.4. The Morgan fingerprint density at radius 2 is 2.07 bits per heavy atom. The molecule has 0 fully saturated rings. The van der Waals surface area contributed by atoms with E-state index in [2.05, 4.69) is 41.2 Å². The monoisotopic (exact) mass is 417 g/mol. The largest absolute Gasteiger partial charge is 0.342 e. The normalized spacial score (nSPS) is 17.6. The Kier molecular flexibility index (Phi) is 10.2. The van der Waals surface area contributed by atoms with Gasteiger partial charge in [-0.25, -0.2) is 10.4 Å². The molecule has 29 heavy (non-hydrogen) atoms. The molecule has 0 amide bonds. The Morgan fingerprint density at radius 1 is 1.41 bits per heavy atom. The van der Waals surface area contributed by atoms with Gasteiger partial charge in [0.1, 0.15) is 5.82 Å². The standard InChI is InChI=1S/C18H23N5O2S.C3H8/c1-6-14(23(24)25)8-15-13(5)21-22-17(15)11(3)10-26-16(7-2)18-19-9-12(4)20-18;1-3-2/h6-10,17,21-22H,1H2,2-5H3,(H,19,20);3H2,1-2H3/b11-10+,14-8+,16-7-;. The van der Waals surface area contributed by atoms with Gasteiger partial charge in [0.15, 0.2) is 0 Å². The molecule has 1 aromatic rings. The Hall–Kier alpha value is -2.58. The summed E-state index contributed by atoms with van der Waals surface area (Å²) >= 11 is 1.56. The highest BCUT2D eigenvalue weighted by Crippen LogP contribution is 2.30. The molecule has 0 saturated carbocycles. The second-order valence-electron chi connectivity index (χ2n) is 6.57. The molecular weight excluding hydrogens is 386 g/mol. The summed E-state index contributed by atoms with van der Waals surface area (Å²) in [5, 5.41) is 13.1. The minimum absolute atomic E-state index is 0.0319. The van der Waals surface area contributed by atoms with Crippen LogP contribution in [0.15, 0.2) is 59.0 Å². The lowest BCUT2D eigenvalue weighted by Gasteiger charge is -2.13. The maximum absolute atomic E-state index is 11.1.